The van der Waals surface area contributed by atoms with E-state index in [1.54, 1.807) is 12.1 Å². The summed E-state index contributed by atoms with van der Waals surface area (Å²) in [5.74, 6) is 1.41. The minimum absolute atomic E-state index is 0.194. The van der Waals surface area contributed by atoms with Crippen molar-refractivity contribution < 1.29 is 13.9 Å². The SMILES string of the molecule is NCc1ccc(OCC2CCOc3ccccc32)cc1F. The third-order valence-corrected chi connectivity index (χ3v) is 3.78. The van der Waals surface area contributed by atoms with Gasteiger partial charge >= 0.3 is 0 Å². The van der Waals surface area contributed by atoms with Crippen molar-refractivity contribution in [3.05, 3.63) is 59.4 Å². The van der Waals surface area contributed by atoms with Crippen molar-refractivity contribution in [2.75, 3.05) is 13.2 Å². The van der Waals surface area contributed by atoms with Crippen LogP contribution in [-0.2, 0) is 6.54 Å². The smallest absolute Gasteiger partial charge is 0.131 e. The van der Waals surface area contributed by atoms with Crippen molar-refractivity contribution in [3.63, 3.8) is 0 Å². The number of hydrogen-bond donors (Lipinski definition) is 1. The first-order valence-electron chi connectivity index (χ1n) is 7.11. The Balaban J connectivity index is 1.70. The number of rotatable bonds is 4. The van der Waals surface area contributed by atoms with Crippen LogP contribution in [0.5, 0.6) is 11.5 Å². The van der Waals surface area contributed by atoms with Gasteiger partial charge in [-0.05, 0) is 18.6 Å². The average Bonchev–Trinajstić information content (AvgIpc) is 2.53. The van der Waals surface area contributed by atoms with E-state index in [9.17, 15) is 4.39 Å². The topological polar surface area (TPSA) is 44.5 Å². The van der Waals surface area contributed by atoms with E-state index in [4.69, 9.17) is 15.2 Å². The van der Waals surface area contributed by atoms with Crippen LogP contribution in [0.15, 0.2) is 42.5 Å². The van der Waals surface area contributed by atoms with Gasteiger partial charge in [0.05, 0.1) is 13.2 Å². The Hall–Kier alpha value is -2.07. The van der Waals surface area contributed by atoms with Crippen molar-refractivity contribution in [3.8, 4) is 11.5 Å². The fourth-order valence-electron chi connectivity index (χ4n) is 2.57. The third-order valence-electron chi connectivity index (χ3n) is 3.78. The van der Waals surface area contributed by atoms with Gasteiger partial charge in [-0.1, -0.05) is 24.3 Å². The molecule has 4 heteroatoms. The lowest BCUT2D eigenvalue weighted by molar-refractivity contribution is 0.217. The number of halogens is 1. The molecule has 2 aromatic rings. The lowest BCUT2D eigenvalue weighted by atomic mass is 9.94. The summed E-state index contributed by atoms with van der Waals surface area (Å²) in [6.07, 6.45) is 0.903. The van der Waals surface area contributed by atoms with Crippen LogP contribution in [0.25, 0.3) is 0 Å². The lowest BCUT2D eigenvalue weighted by Gasteiger charge is -2.25. The van der Waals surface area contributed by atoms with Gasteiger partial charge < -0.3 is 15.2 Å². The van der Waals surface area contributed by atoms with Crippen LogP contribution in [0.4, 0.5) is 4.39 Å². The predicted octanol–water partition coefficient (Wildman–Crippen LogP) is 3.23. The van der Waals surface area contributed by atoms with Crippen LogP contribution in [0.3, 0.4) is 0 Å². The Labute approximate surface area is 123 Å². The van der Waals surface area contributed by atoms with E-state index in [2.05, 4.69) is 6.07 Å². The second-order valence-corrected chi connectivity index (χ2v) is 5.14. The average molecular weight is 287 g/mol. The summed E-state index contributed by atoms with van der Waals surface area (Å²) in [6, 6.07) is 12.8. The molecule has 0 amide bonds. The largest absolute Gasteiger partial charge is 0.493 e. The highest BCUT2D eigenvalue weighted by Gasteiger charge is 2.21. The van der Waals surface area contributed by atoms with Gasteiger partial charge in [0.2, 0.25) is 0 Å². The molecule has 1 aliphatic rings. The van der Waals surface area contributed by atoms with Gasteiger partial charge in [-0.25, -0.2) is 4.39 Å². The summed E-state index contributed by atoms with van der Waals surface area (Å²) in [7, 11) is 0. The van der Waals surface area contributed by atoms with Crippen LogP contribution in [0, 0.1) is 5.82 Å². The van der Waals surface area contributed by atoms with Gasteiger partial charge in [0.25, 0.3) is 0 Å². The summed E-state index contributed by atoms with van der Waals surface area (Å²) in [4.78, 5) is 0. The molecule has 1 unspecified atom stereocenters. The quantitative estimate of drug-likeness (QED) is 0.939. The zero-order chi connectivity index (χ0) is 14.7. The van der Waals surface area contributed by atoms with E-state index in [-0.39, 0.29) is 18.3 Å². The predicted molar refractivity (Wildman–Crippen MR) is 79.1 cm³/mol. The number of nitrogens with two attached hydrogens (primary N) is 1. The summed E-state index contributed by atoms with van der Waals surface area (Å²) >= 11 is 0. The normalized spacial score (nSPS) is 17.0. The molecule has 110 valence electrons. The maximum Gasteiger partial charge on any atom is 0.131 e. The molecule has 0 saturated carbocycles. The molecule has 2 N–H and O–H groups in total. The molecule has 0 spiro atoms. The first-order chi connectivity index (χ1) is 10.3. The van der Waals surface area contributed by atoms with Gasteiger partial charge in [0, 0.05) is 29.7 Å². The first-order valence-corrected chi connectivity index (χ1v) is 7.11. The molecule has 2 aromatic carbocycles. The maximum atomic E-state index is 13.7. The van der Waals surface area contributed by atoms with Crippen LogP contribution in [0.2, 0.25) is 0 Å². The number of fused-ring (bicyclic) bond motifs is 1. The maximum absolute atomic E-state index is 13.7. The fourth-order valence-corrected chi connectivity index (χ4v) is 2.57. The number of para-hydroxylation sites is 1. The Kier molecular flexibility index (Phi) is 4.06. The van der Waals surface area contributed by atoms with E-state index in [0.29, 0.717) is 24.5 Å². The Morgan fingerprint density at radius 2 is 2.10 bits per heavy atom. The highest BCUT2D eigenvalue weighted by molar-refractivity contribution is 5.38. The molecular weight excluding hydrogens is 269 g/mol. The van der Waals surface area contributed by atoms with E-state index >= 15 is 0 Å². The molecule has 3 rings (SSSR count). The summed E-state index contributed by atoms with van der Waals surface area (Å²) < 4.78 is 25.0. The van der Waals surface area contributed by atoms with E-state index < -0.39 is 0 Å². The van der Waals surface area contributed by atoms with Gasteiger partial charge in [-0.3, -0.25) is 0 Å². The Morgan fingerprint density at radius 1 is 1.24 bits per heavy atom. The summed E-state index contributed by atoms with van der Waals surface area (Å²) in [5, 5.41) is 0. The molecule has 0 aromatic heterocycles. The molecule has 1 atom stereocenters. The number of benzene rings is 2. The second kappa shape index (κ2) is 6.14. The van der Waals surface area contributed by atoms with Crippen LogP contribution >= 0.6 is 0 Å². The van der Waals surface area contributed by atoms with Crippen molar-refractivity contribution in [1.29, 1.82) is 0 Å². The molecule has 0 fully saturated rings. The van der Waals surface area contributed by atoms with Gasteiger partial charge in [-0.15, -0.1) is 0 Å². The molecule has 1 heterocycles. The van der Waals surface area contributed by atoms with E-state index in [1.165, 1.54) is 6.07 Å². The first kappa shape index (κ1) is 13.9. The molecule has 0 bridgehead atoms. The van der Waals surface area contributed by atoms with Crippen LogP contribution < -0.4 is 15.2 Å². The second-order valence-electron chi connectivity index (χ2n) is 5.14. The van der Waals surface area contributed by atoms with Crippen molar-refractivity contribution in [2.24, 2.45) is 5.73 Å². The molecular formula is C17H18FNO2. The Bertz CT molecular complexity index is 630. The van der Waals surface area contributed by atoms with Crippen molar-refractivity contribution in [1.82, 2.24) is 0 Å². The van der Waals surface area contributed by atoms with Crippen LogP contribution in [0.1, 0.15) is 23.5 Å². The standard InChI is InChI=1S/C17H18FNO2/c18-16-9-14(6-5-12(16)10-19)21-11-13-7-8-20-17-4-2-1-3-15(13)17/h1-6,9,13H,7-8,10-11,19H2. The van der Waals surface area contributed by atoms with Gasteiger partial charge in [0.1, 0.15) is 17.3 Å². The van der Waals surface area contributed by atoms with Crippen molar-refractivity contribution >= 4 is 0 Å². The molecule has 0 radical (unpaired) electrons. The van der Waals surface area contributed by atoms with E-state index in [0.717, 1.165) is 17.7 Å². The fraction of sp³-hybridized carbons (Fsp3) is 0.294. The Morgan fingerprint density at radius 3 is 2.90 bits per heavy atom. The molecule has 3 nitrogen and oxygen atoms in total. The zero-order valence-corrected chi connectivity index (χ0v) is 11.7. The summed E-state index contributed by atoms with van der Waals surface area (Å²) in [6.45, 7) is 1.40. The highest BCUT2D eigenvalue weighted by Crippen LogP contribution is 2.33. The molecule has 0 saturated heterocycles. The van der Waals surface area contributed by atoms with Crippen molar-refractivity contribution in [2.45, 2.75) is 18.9 Å². The van der Waals surface area contributed by atoms with Gasteiger partial charge in [-0.2, -0.15) is 0 Å². The monoisotopic (exact) mass is 287 g/mol. The number of ether oxygens (including phenoxy) is 2. The highest BCUT2D eigenvalue weighted by atomic mass is 19.1. The minimum Gasteiger partial charge on any atom is -0.493 e. The van der Waals surface area contributed by atoms with Crippen LogP contribution in [-0.4, -0.2) is 13.2 Å². The number of hydrogen-bond acceptors (Lipinski definition) is 3. The minimum atomic E-state index is -0.317. The third kappa shape index (κ3) is 3.00. The molecule has 0 aliphatic carbocycles. The molecule has 21 heavy (non-hydrogen) atoms. The lowest BCUT2D eigenvalue weighted by Crippen LogP contribution is -2.19. The zero-order valence-electron chi connectivity index (χ0n) is 11.7. The van der Waals surface area contributed by atoms with Gasteiger partial charge in [0.15, 0.2) is 0 Å². The molecule has 1 aliphatic heterocycles. The summed E-state index contributed by atoms with van der Waals surface area (Å²) in [5.41, 5.74) is 7.10. The van der Waals surface area contributed by atoms with E-state index in [1.807, 2.05) is 18.2 Å².